The predicted molar refractivity (Wildman–Crippen MR) is 214 cm³/mol. The summed E-state index contributed by atoms with van der Waals surface area (Å²) in [6.07, 6.45) is 0. The topological polar surface area (TPSA) is 61.9 Å². The van der Waals surface area contributed by atoms with E-state index < -0.39 is 17.6 Å². The summed E-state index contributed by atoms with van der Waals surface area (Å²) >= 11 is 0. The van der Waals surface area contributed by atoms with Gasteiger partial charge in [0.05, 0.1) is 0 Å². The van der Waals surface area contributed by atoms with E-state index in [9.17, 15) is 0 Å². The van der Waals surface area contributed by atoms with Gasteiger partial charge in [0.1, 0.15) is 0 Å². The first-order valence-electron chi connectivity index (χ1n) is 16.9. The van der Waals surface area contributed by atoms with Gasteiger partial charge in [0.25, 0.3) is 0 Å². The van der Waals surface area contributed by atoms with Crippen LogP contribution in [0, 0.1) is 0 Å². The summed E-state index contributed by atoms with van der Waals surface area (Å²) in [4.78, 5) is 4.46. The van der Waals surface area contributed by atoms with Crippen molar-refractivity contribution in [3.63, 3.8) is 0 Å². The Kier molecular flexibility index (Phi) is 11.8. The first-order chi connectivity index (χ1) is 25.4. The molecule has 0 heterocycles. The second-order valence-electron chi connectivity index (χ2n) is 11.9. The van der Waals surface area contributed by atoms with E-state index in [0.717, 1.165) is 55.6 Å². The van der Waals surface area contributed by atoms with Gasteiger partial charge < -0.3 is 36.4 Å². The SMILES string of the molecule is CO[Si](OC)(OC)c1ccc(N(c2ccccc2)c2ccc(-c3ccc(N(c4ccccc4)c4ccc([Si](OC)(OC)OC)cc4)cc3)cc2)cc1. The zero-order chi connectivity index (χ0) is 36.6. The Bertz CT molecular complexity index is 1830. The van der Waals surface area contributed by atoms with E-state index >= 15 is 0 Å². The highest BCUT2D eigenvalue weighted by molar-refractivity contribution is 6.75. The van der Waals surface area contributed by atoms with E-state index in [-0.39, 0.29) is 0 Å². The van der Waals surface area contributed by atoms with Crippen LogP contribution in [-0.2, 0) is 26.6 Å². The van der Waals surface area contributed by atoms with Crippen LogP contribution in [0.2, 0.25) is 0 Å². The second-order valence-corrected chi connectivity index (χ2v) is 17.7. The van der Waals surface area contributed by atoms with Crippen molar-refractivity contribution in [1.29, 1.82) is 0 Å². The van der Waals surface area contributed by atoms with Crippen molar-refractivity contribution in [2.24, 2.45) is 0 Å². The van der Waals surface area contributed by atoms with Crippen LogP contribution in [0.25, 0.3) is 11.1 Å². The van der Waals surface area contributed by atoms with Gasteiger partial charge in [-0.1, -0.05) is 84.9 Å². The largest absolute Gasteiger partial charge is 0.536 e. The molecule has 10 heteroatoms. The minimum Gasteiger partial charge on any atom is -0.373 e. The van der Waals surface area contributed by atoms with Gasteiger partial charge >= 0.3 is 17.6 Å². The molecule has 0 atom stereocenters. The summed E-state index contributed by atoms with van der Waals surface area (Å²) in [7, 11) is 3.82. The minimum atomic E-state index is -2.95. The average molecular weight is 729 g/mol. The Morgan fingerprint density at radius 3 is 0.769 bits per heavy atom. The molecule has 0 amide bonds. The first-order valence-corrected chi connectivity index (χ1v) is 20.3. The van der Waals surface area contributed by atoms with Crippen LogP contribution in [0.5, 0.6) is 0 Å². The monoisotopic (exact) mass is 728 g/mol. The molecular weight excluding hydrogens is 685 g/mol. The van der Waals surface area contributed by atoms with Crippen molar-refractivity contribution in [2.45, 2.75) is 0 Å². The zero-order valence-electron chi connectivity index (χ0n) is 30.4. The molecule has 0 saturated heterocycles. The lowest BCUT2D eigenvalue weighted by atomic mass is 10.0. The lowest BCUT2D eigenvalue weighted by Crippen LogP contribution is -2.54. The summed E-state index contributed by atoms with van der Waals surface area (Å²) in [6.45, 7) is 0. The van der Waals surface area contributed by atoms with Gasteiger partial charge in [0.2, 0.25) is 0 Å². The first kappa shape index (κ1) is 36.9. The smallest absolute Gasteiger partial charge is 0.373 e. The maximum atomic E-state index is 5.71. The molecule has 0 bridgehead atoms. The van der Waals surface area contributed by atoms with Crippen molar-refractivity contribution in [3.8, 4) is 11.1 Å². The van der Waals surface area contributed by atoms with Crippen molar-refractivity contribution < 1.29 is 26.6 Å². The fourth-order valence-electron chi connectivity index (χ4n) is 6.49. The number of nitrogens with zero attached hydrogens (tertiary/aromatic N) is 2. The maximum Gasteiger partial charge on any atom is 0.536 e. The molecule has 6 rings (SSSR count). The third-order valence-electron chi connectivity index (χ3n) is 9.18. The quantitative estimate of drug-likeness (QED) is 0.0977. The summed E-state index contributed by atoms with van der Waals surface area (Å²) in [5, 5.41) is 1.79. The fraction of sp³-hybridized carbons (Fsp3) is 0.143. The van der Waals surface area contributed by atoms with Gasteiger partial charge in [0, 0.05) is 87.2 Å². The van der Waals surface area contributed by atoms with Crippen LogP contribution in [0.15, 0.2) is 158 Å². The second kappa shape index (κ2) is 16.6. The standard InChI is InChI=1S/C42H44N2O6Si2/c1-45-51(46-2,47-3)41-29-25-39(26-30-41)43(35-13-9-7-10-14-35)37-21-17-33(18-22-37)34-19-23-38(24-20-34)44(36-15-11-8-12-16-36)40-27-31-42(32-28-40)52(48-4,49-5)50-6/h7-32H,1-6H3. The zero-order valence-corrected chi connectivity index (χ0v) is 32.4. The van der Waals surface area contributed by atoms with Gasteiger partial charge in [-0.05, 0) is 83.9 Å². The molecule has 6 aromatic rings. The molecule has 0 aromatic heterocycles. The van der Waals surface area contributed by atoms with Gasteiger partial charge in [-0.2, -0.15) is 0 Å². The van der Waals surface area contributed by atoms with Gasteiger partial charge in [0.15, 0.2) is 0 Å². The van der Waals surface area contributed by atoms with Crippen LogP contribution in [0.1, 0.15) is 0 Å². The van der Waals surface area contributed by atoms with Crippen molar-refractivity contribution >= 4 is 62.1 Å². The molecule has 52 heavy (non-hydrogen) atoms. The third kappa shape index (κ3) is 7.37. The fourth-order valence-corrected chi connectivity index (χ4v) is 10.1. The van der Waals surface area contributed by atoms with Crippen LogP contribution in [0.3, 0.4) is 0 Å². The Labute approximate surface area is 309 Å². The number of rotatable bonds is 15. The van der Waals surface area contributed by atoms with E-state index in [0.29, 0.717) is 0 Å². The number of hydrogen-bond donors (Lipinski definition) is 0. The number of benzene rings is 6. The number of hydrogen-bond acceptors (Lipinski definition) is 8. The Morgan fingerprint density at radius 1 is 0.288 bits per heavy atom. The Morgan fingerprint density at radius 2 is 0.519 bits per heavy atom. The van der Waals surface area contributed by atoms with Crippen LogP contribution in [-0.4, -0.2) is 60.3 Å². The molecule has 0 saturated carbocycles. The van der Waals surface area contributed by atoms with Gasteiger partial charge in [-0.25, -0.2) is 0 Å². The maximum absolute atomic E-state index is 5.71. The molecule has 0 aliphatic heterocycles. The number of para-hydroxylation sites is 2. The molecule has 0 N–H and O–H groups in total. The molecule has 0 unspecified atom stereocenters. The van der Waals surface area contributed by atoms with Gasteiger partial charge in [-0.15, -0.1) is 0 Å². The van der Waals surface area contributed by atoms with Crippen molar-refractivity contribution in [2.75, 3.05) is 52.5 Å². The minimum absolute atomic E-state index is 0.894. The molecule has 0 spiro atoms. The highest BCUT2D eigenvalue weighted by Gasteiger charge is 2.41. The molecule has 0 fully saturated rings. The highest BCUT2D eigenvalue weighted by atomic mass is 28.4. The van der Waals surface area contributed by atoms with E-state index in [1.165, 1.54) is 0 Å². The van der Waals surface area contributed by atoms with Crippen LogP contribution >= 0.6 is 0 Å². The third-order valence-corrected chi connectivity index (χ3v) is 14.5. The number of anilines is 6. The normalized spacial score (nSPS) is 11.7. The molecule has 6 aromatic carbocycles. The summed E-state index contributed by atoms with van der Waals surface area (Å²) in [5.74, 6) is 0. The molecular formula is C42H44N2O6Si2. The lowest BCUT2D eigenvalue weighted by molar-refractivity contribution is 0.140. The van der Waals surface area contributed by atoms with Crippen molar-refractivity contribution in [3.05, 3.63) is 158 Å². The van der Waals surface area contributed by atoms with Crippen LogP contribution < -0.4 is 20.2 Å². The van der Waals surface area contributed by atoms with E-state index in [1.54, 1.807) is 42.7 Å². The highest BCUT2D eigenvalue weighted by Crippen LogP contribution is 2.37. The summed E-state index contributed by atoms with van der Waals surface area (Å²) in [6, 6.07) is 54.3. The van der Waals surface area contributed by atoms with E-state index in [4.69, 9.17) is 26.6 Å². The molecule has 0 aliphatic rings. The summed E-state index contributed by atoms with van der Waals surface area (Å²) in [5.41, 5.74) is 8.42. The molecule has 0 aliphatic carbocycles. The van der Waals surface area contributed by atoms with E-state index in [1.807, 2.05) is 60.7 Å². The van der Waals surface area contributed by atoms with Crippen LogP contribution in [0.4, 0.5) is 34.1 Å². The van der Waals surface area contributed by atoms with Gasteiger partial charge in [-0.3, -0.25) is 0 Å². The molecule has 8 nitrogen and oxygen atoms in total. The Hall–Kier alpha value is -4.89. The summed E-state index contributed by atoms with van der Waals surface area (Å²) < 4.78 is 34.2. The average Bonchev–Trinajstić information content (AvgIpc) is 3.22. The predicted octanol–water partition coefficient (Wildman–Crippen LogP) is 8.46. The van der Waals surface area contributed by atoms with E-state index in [2.05, 4.69) is 107 Å². The lowest BCUT2D eigenvalue weighted by Gasteiger charge is -2.28. The molecule has 0 radical (unpaired) electrons. The molecule has 266 valence electrons. The Balaban J connectivity index is 1.29. The van der Waals surface area contributed by atoms with Crippen molar-refractivity contribution in [1.82, 2.24) is 0 Å².